The number of benzene rings is 2. The van der Waals surface area contributed by atoms with Crippen molar-refractivity contribution in [2.45, 2.75) is 45.5 Å². The van der Waals surface area contributed by atoms with Gasteiger partial charge in [0.1, 0.15) is 17.5 Å². The third kappa shape index (κ3) is 6.28. The van der Waals surface area contributed by atoms with E-state index in [2.05, 4.69) is 29.5 Å². The molecule has 1 heterocycles. The Kier molecular flexibility index (Phi) is 8.43. The molecule has 0 bridgehead atoms. The van der Waals surface area contributed by atoms with Gasteiger partial charge in [-0.2, -0.15) is 11.8 Å². The van der Waals surface area contributed by atoms with E-state index in [0.29, 0.717) is 22.2 Å². The van der Waals surface area contributed by atoms with Gasteiger partial charge in [0.25, 0.3) is 0 Å². The Balaban J connectivity index is 1.66. The van der Waals surface area contributed by atoms with E-state index in [1.807, 2.05) is 42.1 Å². The predicted molar refractivity (Wildman–Crippen MR) is 128 cm³/mol. The summed E-state index contributed by atoms with van der Waals surface area (Å²) in [6.07, 6.45) is 1.36. The summed E-state index contributed by atoms with van der Waals surface area (Å²) in [4.78, 5) is 12.5. The van der Waals surface area contributed by atoms with E-state index in [-0.39, 0.29) is 0 Å². The first kappa shape index (κ1) is 23.2. The zero-order chi connectivity index (χ0) is 22.2. The molecule has 1 atom stereocenters. The summed E-state index contributed by atoms with van der Waals surface area (Å²) < 4.78 is 11.0. The highest BCUT2D eigenvalue weighted by Gasteiger charge is 2.20. The molecule has 0 aliphatic carbocycles. The molecule has 31 heavy (non-hydrogen) atoms. The van der Waals surface area contributed by atoms with Crippen LogP contribution in [0.25, 0.3) is 11.3 Å². The lowest BCUT2D eigenvalue weighted by Crippen LogP contribution is -2.17. The van der Waals surface area contributed by atoms with Crippen molar-refractivity contribution in [1.29, 1.82) is 0 Å². The van der Waals surface area contributed by atoms with E-state index in [1.54, 1.807) is 19.9 Å². The number of aromatic nitrogens is 1. The van der Waals surface area contributed by atoms with Crippen LogP contribution in [0.1, 0.15) is 49.6 Å². The minimum atomic E-state index is -0.594. The number of carbonyl (C=O) groups is 1. The van der Waals surface area contributed by atoms with E-state index in [1.165, 1.54) is 24.2 Å². The fraction of sp³-hybridized carbons (Fsp3) is 0.333. The summed E-state index contributed by atoms with van der Waals surface area (Å²) in [5.74, 6) is 2.65. The predicted octanol–water partition coefficient (Wildman–Crippen LogP) is 7.65. The molecular formula is C24H27ClN2O3S. The van der Waals surface area contributed by atoms with Gasteiger partial charge in [-0.15, -0.1) is 0 Å². The number of hydrogen-bond acceptors (Lipinski definition) is 5. The molecule has 1 aromatic heterocycles. The van der Waals surface area contributed by atoms with E-state index in [0.717, 1.165) is 16.9 Å². The maximum absolute atomic E-state index is 12.5. The molecule has 1 amide bonds. The number of ether oxygens (including phenoxy) is 1. The first-order chi connectivity index (χ1) is 15.0. The van der Waals surface area contributed by atoms with Gasteiger partial charge in [-0.3, -0.25) is 5.32 Å². The van der Waals surface area contributed by atoms with Crippen LogP contribution in [0, 0.1) is 6.92 Å². The second kappa shape index (κ2) is 11.3. The maximum atomic E-state index is 12.5. The van der Waals surface area contributed by atoms with Crippen molar-refractivity contribution >= 4 is 35.1 Å². The Morgan fingerprint density at radius 1 is 1.23 bits per heavy atom. The lowest BCUT2D eigenvalue weighted by Gasteiger charge is -2.15. The summed E-state index contributed by atoms with van der Waals surface area (Å²) in [6.45, 7) is 5.76. The van der Waals surface area contributed by atoms with Crippen molar-refractivity contribution in [3.8, 4) is 11.3 Å². The normalized spacial score (nSPS) is 11.9. The van der Waals surface area contributed by atoms with Gasteiger partial charge >= 0.3 is 6.09 Å². The van der Waals surface area contributed by atoms with Crippen molar-refractivity contribution in [2.75, 3.05) is 11.1 Å². The highest BCUT2D eigenvalue weighted by atomic mass is 35.5. The van der Waals surface area contributed by atoms with Crippen LogP contribution in [0.4, 0.5) is 10.5 Å². The first-order valence-electron chi connectivity index (χ1n) is 10.3. The van der Waals surface area contributed by atoms with E-state index < -0.39 is 12.2 Å². The number of nitrogens with zero attached hydrogens (tertiary/aromatic N) is 1. The maximum Gasteiger partial charge on any atom is 0.412 e. The van der Waals surface area contributed by atoms with E-state index >= 15 is 0 Å². The van der Waals surface area contributed by atoms with Crippen LogP contribution in [0.5, 0.6) is 0 Å². The van der Waals surface area contributed by atoms with Crippen molar-refractivity contribution in [3.63, 3.8) is 0 Å². The molecule has 7 heteroatoms. The zero-order valence-electron chi connectivity index (χ0n) is 18.0. The molecule has 0 spiro atoms. The Morgan fingerprint density at radius 2 is 1.97 bits per heavy atom. The highest BCUT2D eigenvalue weighted by molar-refractivity contribution is 7.98. The topological polar surface area (TPSA) is 64.4 Å². The Morgan fingerprint density at radius 3 is 2.68 bits per heavy atom. The highest BCUT2D eigenvalue weighted by Crippen LogP contribution is 2.32. The summed E-state index contributed by atoms with van der Waals surface area (Å²) in [5.41, 5.74) is 3.92. The van der Waals surface area contributed by atoms with Gasteiger partial charge in [-0.1, -0.05) is 72.6 Å². The number of carbonyl (C=O) groups excluding carboxylic acids is 1. The molecule has 1 N–H and O–H groups in total. The van der Waals surface area contributed by atoms with Crippen molar-refractivity contribution < 1.29 is 14.1 Å². The van der Waals surface area contributed by atoms with Crippen LogP contribution >= 0.6 is 23.4 Å². The third-order valence-corrected chi connectivity index (χ3v) is 6.30. The van der Waals surface area contributed by atoms with Crippen molar-refractivity contribution in [1.82, 2.24) is 5.16 Å². The molecule has 0 aliphatic rings. The number of anilines is 1. The monoisotopic (exact) mass is 458 g/mol. The number of nitrogens with one attached hydrogen (secondary N) is 1. The molecule has 0 fully saturated rings. The van der Waals surface area contributed by atoms with Crippen LogP contribution in [0.15, 0.2) is 53.1 Å². The average molecular weight is 459 g/mol. The summed E-state index contributed by atoms with van der Waals surface area (Å²) in [5, 5.41) is 7.35. The van der Waals surface area contributed by atoms with E-state index in [9.17, 15) is 4.79 Å². The second-order valence-electron chi connectivity index (χ2n) is 7.27. The van der Waals surface area contributed by atoms with Gasteiger partial charge in [-0.05, 0) is 37.7 Å². The minimum absolute atomic E-state index is 0.498. The summed E-state index contributed by atoms with van der Waals surface area (Å²) in [6, 6.07) is 15.4. The van der Waals surface area contributed by atoms with Gasteiger partial charge < -0.3 is 9.26 Å². The van der Waals surface area contributed by atoms with Crippen LogP contribution in [0.2, 0.25) is 5.02 Å². The molecule has 2 aromatic carbocycles. The van der Waals surface area contributed by atoms with Crippen LogP contribution in [0.3, 0.4) is 0 Å². The largest absolute Gasteiger partial charge is 0.441 e. The Labute approximate surface area is 192 Å². The number of unbranched alkanes of at least 4 members (excludes halogenated alkanes) is 1. The Hall–Kier alpha value is -2.44. The quantitative estimate of drug-likeness (QED) is 0.333. The molecule has 5 nitrogen and oxygen atoms in total. The van der Waals surface area contributed by atoms with Crippen LogP contribution in [-0.2, 0) is 10.5 Å². The lowest BCUT2D eigenvalue weighted by molar-refractivity contribution is 0.121. The SMILES string of the molecule is CCCCSCc1ccc(-c2onc(C)c2NC(=O)OC(C)c2ccccc2Cl)cc1. The van der Waals surface area contributed by atoms with E-state index in [4.69, 9.17) is 20.9 Å². The average Bonchev–Trinajstić information content (AvgIpc) is 3.12. The number of hydrogen-bond donors (Lipinski definition) is 1. The number of thioether (sulfide) groups is 1. The molecule has 164 valence electrons. The molecule has 0 radical (unpaired) electrons. The standard InChI is InChI=1S/C24H27ClN2O3S/c1-4-5-14-31-15-18-10-12-19(13-11-18)23-22(16(2)27-30-23)26-24(28)29-17(3)20-8-6-7-9-21(20)25/h6-13,17H,4-5,14-15H2,1-3H3,(H,26,28). The summed E-state index contributed by atoms with van der Waals surface area (Å²) in [7, 11) is 0. The van der Waals surface area contributed by atoms with Crippen molar-refractivity contribution in [2.24, 2.45) is 0 Å². The fourth-order valence-electron chi connectivity index (χ4n) is 3.06. The van der Waals surface area contributed by atoms with Crippen LogP contribution < -0.4 is 5.32 Å². The van der Waals surface area contributed by atoms with Gasteiger partial charge in [0.2, 0.25) is 0 Å². The fourth-order valence-corrected chi connectivity index (χ4v) is 4.42. The number of aryl methyl sites for hydroxylation is 1. The van der Waals surface area contributed by atoms with Gasteiger partial charge in [0.15, 0.2) is 5.76 Å². The number of halogens is 1. The molecule has 0 aliphatic heterocycles. The third-order valence-electron chi connectivity index (χ3n) is 4.84. The number of amides is 1. The molecule has 1 unspecified atom stereocenters. The van der Waals surface area contributed by atoms with Gasteiger partial charge in [-0.25, -0.2) is 4.79 Å². The van der Waals surface area contributed by atoms with Gasteiger partial charge in [0.05, 0.1) is 0 Å². The van der Waals surface area contributed by atoms with Crippen molar-refractivity contribution in [3.05, 3.63) is 70.4 Å². The van der Waals surface area contributed by atoms with Crippen LogP contribution in [-0.4, -0.2) is 17.0 Å². The van der Waals surface area contributed by atoms with Gasteiger partial charge in [0, 0.05) is 21.9 Å². The summed E-state index contributed by atoms with van der Waals surface area (Å²) >= 11 is 8.13. The lowest BCUT2D eigenvalue weighted by atomic mass is 10.1. The molecule has 0 saturated heterocycles. The Bertz CT molecular complexity index is 1000. The molecule has 3 aromatic rings. The second-order valence-corrected chi connectivity index (χ2v) is 8.78. The minimum Gasteiger partial charge on any atom is -0.441 e. The first-order valence-corrected chi connectivity index (χ1v) is 11.9. The molecule has 3 rings (SSSR count). The molecular weight excluding hydrogens is 432 g/mol. The smallest absolute Gasteiger partial charge is 0.412 e. The number of rotatable bonds is 9. The molecule has 0 saturated carbocycles. The zero-order valence-corrected chi connectivity index (χ0v) is 19.6.